The maximum absolute atomic E-state index is 10.8. The quantitative estimate of drug-likeness (QED) is 0.831. The monoisotopic (exact) mass is 232 g/mol. The molecule has 94 valence electrons. The second-order valence-electron chi connectivity index (χ2n) is 5.65. The molecule has 0 radical (unpaired) electrons. The van der Waals surface area contributed by atoms with E-state index in [0.717, 1.165) is 11.5 Å². The first-order chi connectivity index (χ1) is 8.14. The smallest absolute Gasteiger partial charge is 0.0896 e. The fourth-order valence-electron chi connectivity index (χ4n) is 3.18. The third-order valence-electron chi connectivity index (χ3n) is 4.51. The minimum Gasteiger partial charge on any atom is -0.385 e. The molecule has 1 fully saturated rings. The zero-order valence-corrected chi connectivity index (χ0v) is 11.0. The highest BCUT2D eigenvalue weighted by Crippen LogP contribution is 2.41. The fourth-order valence-corrected chi connectivity index (χ4v) is 3.18. The molecular formula is C16H24O. The Kier molecular flexibility index (Phi) is 3.88. The topological polar surface area (TPSA) is 20.2 Å². The molecule has 1 heteroatoms. The number of hydrogen-bond donors (Lipinski definition) is 1. The van der Waals surface area contributed by atoms with Crippen LogP contribution in [0.4, 0.5) is 0 Å². The molecule has 1 N–H and O–H groups in total. The van der Waals surface area contributed by atoms with Crippen LogP contribution in [0.2, 0.25) is 0 Å². The van der Waals surface area contributed by atoms with Crippen molar-refractivity contribution < 1.29 is 5.11 Å². The SMILES string of the molecule is CCC1CCCC(C(C)(O)c2ccccc2)C1. The lowest BCUT2D eigenvalue weighted by Crippen LogP contribution is -2.35. The zero-order valence-electron chi connectivity index (χ0n) is 11.0. The minimum atomic E-state index is -0.658. The van der Waals surface area contributed by atoms with E-state index in [4.69, 9.17) is 0 Å². The molecule has 1 aliphatic carbocycles. The molecule has 0 saturated heterocycles. The molecule has 1 aromatic rings. The van der Waals surface area contributed by atoms with E-state index in [1.54, 1.807) is 0 Å². The van der Waals surface area contributed by atoms with Gasteiger partial charge in [0.05, 0.1) is 5.60 Å². The Bertz CT molecular complexity index is 342. The highest BCUT2D eigenvalue weighted by molar-refractivity contribution is 5.22. The highest BCUT2D eigenvalue weighted by atomic mass is 16.3. The van der Waals surface area contributed by atoms with Gasteiger partial charge in [0.25, 0.3) is 0 Å². The molecule has 0 bridgehead atoms. The zero-order chi connectivity index (χ0) is 12.3. The summed E-state index contributed by atoms with van der Waals surface area (Å²) in [5.41, 5.74) is 0.413. The second kappa shape index (κ2) is 5.22. The molecular weight excluding hydrogens is 208 g/mol. The molecule has 17 heavy (non-hydrogen) atoms. The lowest BCUT2D eigenvalue weighted by Gasteiger charge is -2.39. The van der Waals surface area contributed by atoms with Crippen LogP contribution in [0.1, 0.15) is 51.5 Å². The van der Waals surface area contributed by atoms with Crippen LogP contribution in [0.15, 0.2) is 30.3 Å². The van der Waals surface area contributed by atoms with E-state index in [1.807, 2.05) is 25.1 Å². The Morgan fingerprint density at radius 1 is 1.24 bits per heavy atom. The molecule has 2 rings (SSSR count). The molecule has 0 heterocycles. The Morgan fingerprint density at radius 2 is 1.94 bits per heavy atom. The van der Waals surface area contributed by atoms with Crippen LogP contribution in [0, 0.1) is 11.8 Å². The number of hydrogen-bond acceptors (Lipinski definition) is 1. The second-order valence-corrected chi connectivity index (χ2v) is 5.65. The number of benzene rings is 1. The van der Waals surface area contributed by atoms with E-state index >= 15 is 0 Å². The minimum absolute atomic E-state index is 0.420. The van der Waals surface area contributed by atoms with Crippen molar-refractivity contribution in [3.05, 3.63) is 35.9 Å². The van der Waals surface area contributed by atoms with Crippen LogP contribution < -0.4 is 0 Å². The summed E-state index contributed by atoms with van der Waals surface area (Å²) in [5.74, 6) is 1.23. The van der Waals surface area contributed by atoms with E-state index in [9.17, 15) is 5.11 Å². The van der Waals surface area contributed by atoms with Gasteiger partial charge in [-0.05, 0) is 37.2 Å². The first-order valence-corrected chi connectivity index (χ1v) is 6.92. The highest BCUT2D eigenvalue weighted by Gasteiger charge is 2.36. The first kappa shape index (κ1) is 12.6. The normalized spacial score (nSPS) is 28.6. The van der Waals surface area contributed by atoms with Crippen molar-refractivity contribution in [2.75, 3.05) is 0 Å². The fraction of sp³-hybridized carbons (Fsp3) is 0.625. The summed E-state index contributed by atoms with van der Waals surface area (Å²) in [6, 6.07) is 10.1. The van der Waals surface area contributed by atoms with Crippen LogP contribution >= 0.6 is 0 Å². The molecule has 3 atom stereocenters. The maximum atomic E-state index is 10.8. The van der Waals surface area contributed by atoms with Crippen LogP contribution in [-0.4, -0.2) is 5.11 Å². The van der Waals surface area contributed by atoms with Crippen LogP contribution in [0.5, 0.6) is 0 Å². The standard InChI is InChI=1S/C16H24O/c1-3-13-8-7-11-15(12-13)16(2,17)14-9-5-4-6-10-14/h4-6,9-10,13,15,17H,3,7-8,11-12H2,1-2H3. The van der Waals surface area contributed by atoms with Gasteiger partial charge in [0.2, 0.25) is 0 Å². The molecule has 1 nitrogen and oxygen atoms in total. The maximum Gasteiger partial charge on any atom is 0.0896 e. The van der Waals surface area contributed by atoms with Gasteiger partial charge in [0.1, 0.15) is 0 Å². The van der Waals surface area contributed by atoms with Gasteiger partial charge in [-0.3, -0.25) is 0 Å². The molecule has 1 aliphatic rings. The molecule has 1 saturated carbocycles. The summed E-state index contributed by atoms with van der Waals surface area (Å²) in [7, 11) is 0. The summed E-state index contributed by atoms with van der Waals surface area (Å²) >= 11 is 0. The van der Waals surface area contributed by atoms with Gasteiger partial charge < -0.3 is 5.11 Å². The molecule has 3 unspecified atom stereocenters. The lowest BCUT2D eigenvalue weighted by molar-refractivity contribution is -0.0311. The predicted octanol–water partition coefficient (Wildman–Crippen LogP) is 4.11. The lowest BCUT2D eigenvalue weighted by atomic mass is 9.70. The summed E-state index contributed by atoms with van der Waals surface area (Å²) in [5, 5.41) is 10.8. The first-order valence-electron chi connectivity index (χ1n) is 6.92. The van der Waals surface area contributed by atoms with Gasteiger partial charge in [0.15, 0.2) is 0 Å². The summed E-state index contributed by atoms with van der Waals surface area (Å²) in [6.45, 7) is 4.26. The van der Waals surface area contributed by atoms with Gasteiger partial charge in [-0.15, -0.1) is 0 Å². The van der Waals surface area contributed by atoms with Crippen molar-refractivity contribution in [3.63, 3.8) is 0 Å². The molecule has 0 aliphatic heterocycles. The molecule has 0 aromatic heterocycles. The van der Waals surface area contributed by atoms with Crippen LogP contribution in [0.25, 0.3) is 0 Å². The Labute approximate surface area is 105 Å². The van der Waals surface area contributed by atoms with Crippen LogP contribution in [-0.2, 0) is 5.60 Å². The van der Waals surface area contributed by atoms with Crippen molar-refractivity contribution >= 4 is 0 Å². The summed E-state index contributed by atoms with van der Waals surface area (Å²) in [6.07, 6.45) is 6.21. The van der Waals surface area contributed by atoms with Gasteiger partial charge in [-0.2, -0.15) is 0 Å². The van der Waals surface area contributed by atoms with Gasteiger partial charge >= 0.3 is 0 Å². The van der Waals surface area contributed by atoms with Crippen molar-refractivity contribution in [3.8, 4) is 0 Å². The van der Waals surface area contributed by atoms with E-state index in [-0.39, 0.29) is 0 Å². The molecule has 1 aromatic carbocycles. The van der Waals surface area contributed by atoms with E-state index in [0.29, 0.717) is 5.92 Å². The average molecular weight is 232 g/mol. The van der Waals surface area contributed by atoms with Crippen molar-refractivity contribution in [2.24, 2.45) is 11.8 Å². The number of rotatable bonds is 3. The predicted molar refractivity (Wildman–Crippen MR) is 71.8 cm³/mol. The van der Waals surface area contributed by atoms with Gasteiger partial charge in [-0.25, -0.2) is 0 Å². The molecule has 0 amide bonds. The Hall–Kier alpha value is -0.820. The van der Waals surface area contributed by atoms with E-state index in [2.05, 4.69) is 19.1 Å². The number of aliphatic hydroxyl groups is 1. The van der Waals surface area contributed by atoms with Crippen molar-refractivity contribution in [2.45, 2.75) is 51.6 Å². The van der Waals surface area contributed by atoms with Gasteiger partial charge in [0, 0.05) is 0 Å². The average Bonchev–Trinajstić information content (AvgIpc) is 2.40. The Balaban J connectivity index is 2.15. The van der Waals surface area contributed by atoms with Crippen LogP contribution in [0.3, 0.4) is 0 Å². The summed E-state index contributed by atoms with van der Waals surface area (Å²) < 4.78 is 0. The Morgan fingerprint density at radius 3 is 2.59 bits per heavy atom. The third kappa shape index (κ3) is 2.71. The van der Waals surface area contributed by atoms with Crippen molar-refractivity contribution in [1.82, 2.24) is 0 Å². The largest absolute Gasteiger partial charge is 0.385 e. The third-order valence-corrected chi connectivity index (χ3v) is 4.51. The summed E-state index contributed by atoms with van der Waals surface area (Å²) in [4.78, 5) is 0. The van der Waals surface area contributed by atoms with E-state index < -0.39 is 5.60 Å². The molecule has 0 spiro atoms. The van der Waals surface area contributed by atoms with Crippen molar-refractivity contribution in [1.29, 1.82) is 0 Å². The van der Waals surface area contributed by atoms with E-state index in [1.165, 1.54) is 32.1 Å². The van der Waals surface area contributed by atoms with Gasteiger partial charge in [-0.1, -0.05) is 56.5 Å².